The van der Waals surface area contributed by atoms with E-state index in [4.69, 9.17) is 21.1 Å². The zero-order chi connectivity index (χ0) is 18.2. The number of amides is 1. The van der Waals surface area contributed by atoms with Crippen molar-refractivity contribution in [2.45, 2.75) is 6.54 Å². The summed E-state index contributed by atoms with van der Waals surface area (Å²) in [4.78, 5) is 23.3. The van der Waals surface area contributed by atoms with Gasteiger partial charge in [0.05, 0.1) is 24.8 Å². The molecular formula is C18H18ClNO5. The first-order chi connectivity index (χ1) is 12.0. The monoisotopic (exact) mass is 363 g/mol. The van der Waals surface area contributed by atoms with E-state index in [0.29, 0.717) is 17.9 Å². The molecule has 0 aliphatic carbocycles. The molecule has 2 rings (SSSR count). The van der Waals surface area contributed by atoms with Crippen LogP contribution in [0.15, 0.2) is 42.5 Å². The molecule has 0 aromatic heterocycles. The van der Waals surface area contributed by atoms with Gasteiger partial charge in [0.15, 0.2) is 6.61 Å². The van der Waals surface area contributed by atoms with Gasteiger partial charge in [-0.15, -0.1) is 0 Å². The molecule has 1 N–H and O–H groups in total. The standard InChI is InChI=1S/C18H18ClNO5/c1-23-14-6-3-12(4-7-14)10-20-17(21)11-25-16-8-5-13(9-15(16)19)18(22)24-2/h3-9H,10-11H2,1-2H3,(H,20,21). The molecule has 2 aromatic rings. The summed E-state index contributed by atoms with van der Waals surface area (Å²) in [6.45, 7) is 0.189. The van der Waals surface area contributed by atoms with Gasteiger partial charge in [-0.1, -0.05) is 23.7 Å². The number of hydrogen-bond acceptors (Lipinski definition) is 5. The van der Waals surface area contributed by atoms with Crippen LogP contribution < -0.4 is 14.8 Å². The van der Waals surface area contributed by atoms with Crippen LogP contribution in [-0.4, -0.2) is 32.7 Å². The van der Waals surface area contributed by atoms with Gasteiger partial charge in [-0.3, -0.25) is 4.79 Å². The van der Waals surface area contributed by atoms with Crippen molar-refractivity contribution >= 4 is 23.5 Å². The van der Waals surface area contributed by atoms with Gasteiger partial charge in [-0.05, 0) is 35.9 Å². The molecular weight excluding hydrogens is 346 g/mol. The van der Waals surface area contributed by atoms with E-state index in [1.807, 2.05) is 24.3 Å². The van der Waals surface area contributed by atoms with Gasteiger partial charge in [-0.25, -0.2) is 4.79 Å². The third kappa shape index (κ3) is 5.39. The molecule has 0 atom stereocenters. The minimum atomic E-state index is -0.495. The quantitative estimate of drug-likeness (QED) is 0.766. The lowest BCUT2D eigenvalue weighted by atomic mass is 10.2. The van der Waals surface area contributed by atoms with Gasteiger partial charge >= 0.3 is 5.97 Å². The number of carbonyl (C=O) groups is 2. The molecule has 0 aliphatic rings. The summed E-state index contributed by atoms with van der Waals surface area (Å²) in [6.07, 6.45) is 0. The number of ether oxygens (including phenoxy) is 3. The molecule has 132 valence electrons. The summed E-state index contributed by atoms with van der Waals surface area (Å²) in [7, 11) is 2.88. The normalized spacial score (nSPS) is 10.0. The van der Waals surface area contributed by atoms with Crippen LogP contribution in [0.25, 0.3) is 0 Å². The van der Waals surface area contributed by atoms with E-state index in [1.54, 1.807) is 7.11 Å². The zero-order valence-electron chi connectivity index (χ0n) is 13.9. The Bertz CT molecular complexity index is 746. The second-order valence-electron chi connectivity index (χ2n) is 5.05. The fourth-order valence-corrected chi connectivity index (χ4v) is 2.24. The van der Waals surface area contributed by atoms with Gasteiger partial charge in [0.2, 0.25) is 0 Å². The van der Waals surface area contributed by atoms with Crippen LogP contribution in [0, 0.1) is 0 Å². The SMILES string of the molecule is COC(=O)c1ccc(OCC(=O)NCc2ccc(OC)cc2)c(Cl)c1. The predicted molar refractivity (Wildman–Crippen MR) is 93.1 cm³/mol. The highest BCUT2D eigenvalue weighted by atomic mass is 35.5. The number of benzene rings is 2. The van der Waals surface area contributed by atoms with Crippen molar-refractivity contribution in [1.29, 1.82) is 0 Å². The highest BCUT2D eigenvalue weighted by molar-refractivity contribution is 6.32. The maximum Gasteiger partial charge on any atom is 0.337 e. The van der Waals surface area contributed by atoms with Crippen molar-refractivity contribution in [2.75, 3.05) is 20.8 Å². The second kappa shape index (κ2) is 8.94. The Morgan fingerprint density at radius 1 is 1.08 bits per heavy atom. The molecule has 0 saturated carbocycles. The first-order valence-electron chi connectivity index (χ1n) is 7.43. The van der Waals surface area contributed by atoms with E-state index < -0.39 is 5.97 Å². The molecule has 25 heavy (non-hydrogen) atoms. The summed E-state index contributed by atoms with van der Waals surface area (Å²) in [5.74, 6) is 0.284. The summed E-state index contributed by atoms with van der Waals surface area (Å²) < 4.78 is 15.1. The molecule has 2 aromatic carbocycles. The fraction of sp³-hybridized carbons (Fsp3) is 0.222. The Labute approximate surface area is 150 Å². The number of carbonyl (C=O) groups excluding carboxylic acids is 2. The van der Waals surface area contributed by atoms with Gasteiger partial charge in [0.1, 0.15) is 11.5 Å². The van der Waals surface area contributed by atoms with E-state index >= 15 is 0 Å². The van der Waals surface area contributed by atoms with Crippen molar-refractivity contribution in [1.82, 2.24) is 5.32 Å². The van der Waals surface area contributed by atoms with Crippen molar-refractivity contribution < 1.29 is 23.8 Å². The first kappa shape index (κ1) is 18.6. The van der Waals surface area contributed by atoms with Crippen molar-refractivity contribution in [2.24, 2.45) is 0 Å². The average Bonchev–Trinajstić information content (AvgIpc) is 2.65. The van der Waals surface area contributed by atoms with Crippen molar-refractivity contribution in [3.8, 4) is 11.5 Å². The van der Waals surface area contributed by atoms with E-state index in [2.05, 4.69) is 10.1 Å². The van der Waals surface area contributed by atoms with Gasteiger partial charge < -0.3 is 19.5 Å². The van der Waals surface area contributed by atoms with Crippen LogP contribution in [-0.2, 0) is 16.1 Å². The molecule has 0 unspecified atom stereocenters. The summed E-state index contributed by atoms with van der Waals surface area (Å²) >= 11 is 6.04. The number of rotatable bonds is 7. The maximum absolute atomic E-state index is 11.9. The molecule has 0 fully saturated rings. The Balaban J connectivity index is 1.84. The van der Waals surface area contributed by atoms with E-state index in [0.717, 1.165) is 11.3 Å². The summed E-state index contributed by atoms with van der Waals surface area (Å²) in [5, 5.41) is 2.97. The number of methoxy groups -OCH3 is 2. The topological polar surface area (TPSA) is 73.9 Å². The Morgan fingerprint density at radius 3 is 2.40 bits per heavy atom. The highest BCUT2D eigenvalue weighted by Gasteiger charge is 2.11. The summed E-state index contributed by atoms with van der Waals surface area (Å²) in [6, 6.07) is 11.8. The van der Waals surface area contributed by atoms with Crippen molar-refractivity contribution in [3.63, 3.8) is 0 Å². The minimum absolute atomic E-state index is 0.187. The summed E-state index contributed by atoms with van der Waals surface area (Å²) in [5.41, 5.74) is 1.25. The van der Waals surface area contributed by atoms with Crippen LogP contribution in [0.2, 0.25) is 5.02 Å². The lowest BCUT2D eigenvalue weighted by molar-refractivity contribution is -0.123. The predicted octanol–water partition coefficient (Wildman–Crippen LogP) is 2.83. The van der Waals surface area contributed by atoms with E-state index in [9.17, 15) is 9.59 Å². The van der Waals surface area contributed by atoms with Crippen LogP contribution in [0.4, 0.5) is 0 Å². The van der Waals surface area contributed by atoms with E-state index in [1.165, 1.54) is 25.3 Å². The minimum Gasteiger partial charge on any atom is -0.497 e. The van der Waals surface area contributed by atoms with Crippen molar-refractivity contribution in [3.05, 3.63) is 58.6 Å². The number of hydrogen-bond donors (Lipinski definition) is 1. The smallest absolute Gasteiger partial charge is 0.337 e. The fourth-order valence-electron chi connectivity index (χ4n) is 2.00. The van der Waals surface area contributed by atoms with Crippen LogP contribution in [0.3, 0.4) is 0 Å². The lowest BCUT2D eigenvalue weighted by Crippen LogP contribution is -2.28. The largest absolute Gasteiger partial charge is 0.497 e. The molecule has 0 aliphatic heterocycles. The van der Waals surface area contributed by atoms with Crippen LogP contribution in [0.1, 0.15) is 15.9 Å². The molecule has 7 heteroatoms. The third-order valence-electron chi connectivity index (χ3n) is 3.36. The maximum atomic E-state index is 11.9. The Morgan fingerprint density at radius 2 is 1.80 bits per heavy atom. The zero-order valence-corrected chi connectivity index (χ0v) is 14.6. The molecule has 0 spiro atoms. The number of esters is 1. The molecule has 0 heterocycles. The van der Waals surface area contributed by atoms with Crippen LogP contribution >= 0.6 is 11.6 Å². The third-order valence-corrected chi connectivity index (χ3v) is 3.66. The Hall–Kier alpha value is -2.73. The number of nitrogens with one attached hydrogen (secondary N) is 1. The second-order valence-corrected chi connectivity index (χ2v) is 5.46. The first-order valence-corrected chi connectivity index (χ1v) is 7.81. The lowest BCUT2D eigenvalue weighted by Gasteiger charge is -2.10. The average molecular weight is 364 g/mol. The Kier molecular flexibility index (Phi) is 6.65. The molecule has 6 nitrogen and oxygen atoms in total. The van der Waals surface area contributed by atoms with Gasteiger partial charge in [-0.2, -0.15) is 0 Å². The number of halogens is 1. The molecule has 1 amide bonds. The molecule has 0 bridgehead atoms. The highest BCUT2D eigenvalue weighted by Crippen LogP contribution is 2.25. The van der Waals surface area contributed by atoms with Gasteiger partial charge in [0.25, 0.3) is 5.91 Å². The molecule has 0 radical (unpaired) electrons. The van der Waals surface area contributed by atoms with Crippen LogP contribution in [0.5, 0.6) is 11.5 Å². The molecule has 0 saturated heterocycles. The van der Waals surface area contributed by atoms with Gasteiger partial charge in [0, 0.05) is 6.54 Å². The van der Waals surface area contributed by atoms with E-state index in [-0.39, 0.29) is 17.5 Å².